The third kappa shape index (κ3) is 7.76. The Labute approximate surface area is 301 Å². The fourth-order valence-electron chi connectivity index (χ4n) is 7.11. The lowest BCUT2D eigenvalue weighted by Gasteiger charge is -2.30. The van der Waals surface area contributed by atoms with E-state index in [0.29, 0.717) is 42.7 Å². The van der Waals surface area contributed by atoms with E-state index in [0.717, 1.165) is 12.8 Å². The Kier molecular flexibility index (Phi) is 9.92. The van der Waals surface area contributed by atoms with Crippen molar-refractivity contribution in [2.75, 3.05) is 19.8 Å². The van der Waals surface area contributed by atoms with Crippen LogP contribution in [-0.4, -0.2) is 96.7 Å². The monoisotopic (exact) mass is 734 g/mol. The number of nitrogens with zero attached hydrogens (tertiary/aromatic N) is 2. The first-order valence-electron chi connectivity index (χ1n) is 17.8. The molecule has 1 aromatic carbocycles. The van der Waals surface area contributed by atoms with Gasteiger partial charge in [0.1, 0.15) is 42.3 Å². The number of aromatic nitrogens is 1. The van der Waals surface area contributed by atoms with Crippen LogP contribution in [0.2, 0.25) is 0 Å². The average Bonchev–Trinajstić information content (AvgIpc) is 4.05. The number of hydrogen-bond acceptors (Lipinski definition) is 10. The van der Waals surface area contributed by atoms with Crippen LogP contribution < -0.4 is 25.4 Å². The zero-order valence-electron chi connectivity index (χ0n) is 28.5. The van der Waals surface area contributed by atoms with E-state index in [9.17, 15) is 32.4 Å². The molecule has 1 saturated heterocycles. The van der Waals surface area contributed by atoms with Crippen molar-refractivity contribution in [1.29, 1.82) is 0 Å². The lowest BCUT2D eigenvalue weighted by Crippen LogP contribution is -2.58. The van der Waals surface area contributed by atoms with Gasteiger partial charge in [-0.1, -0.05) is 43.2 Å². The molecule has 7 bridgehead atoms. The molecule has 5 amide bonds. The fourth-order valence-corrected chi connectivity index (χ4v) is 8.47. The fraction of sp³-hybridized carbons (Fsp3) is 0.500. The topological polar surface area (TPSA) is 202 Å². The van der Waals surface area contributed by atoms with Crippen molar-refractivity contribution in [3.8, 4) is 17.0 Å². The van der Waals surface area contributed by atoms with Crippen molar-refractivity contribution < 1.29 is 41.9 Å². The lowest BCUT2D eigenvalue weighted by molar-refractivity contribution is -0.141. The highest BCUT2D eigenvalue weighted by Gasteiger charge is 2.62. The molecule has 2 saturated carbocycles. The molecule has 0 spiro atoms. The summed E-state index contributed by atoms with van der Waals surface area (Å²) in [6.07, 6.45) is 7.07. The van der Waals surface area contributed by atoms with Gasteiger partial charge < -0.3 is 30.3 Å². The molecule has 7 rings (SSSR count). The Balaban J connectivity index is 1.20. The number of nitrogens with one attached hydrogen (secondary N) is 4. The molecule has 15 nitrogen and oxygen atoms in total. The van der Waals surface area contributed by atoms with Gasteiger partial charge in [0, 0.05) is 24.1 Å². The van der Waals surface area contributed by atoms with Crippen molar-refractivity contribution >= 4 is 39.7 Å². The van der Waals surface area contributed by atoms with Gasteiger partial charge in [-0.05, 0) is 69.2 Å². The third-order valence-electron chi connectivity index (χ3n) is 10.2. The molecule has 1 unspecified atom stereocenters. The second-order valence-corrected chi connectivity index (χ2v) is 16.0. The van der Waals surface area contributed by atoms with Crippen LogP contribution in [-0.2, 0) is 29.1 Å². The predicted octanol–water partition coefficient (Wildman–Crippen LogP) is 1.94. The van der Waals surface area contributed by atoms with Gasteiger partial charge >= 0.3 is 6.09 Å². The lowest BCUT2D eigenvalue weighted by atomic mass is 10.0. The van der Waals surface area contributed by atoms with Gasteiger partial charge in [-0.3, -0.25) is 23.9 Å². The van der Waals surface area contributed by atoms with Crippen molar-refractivity contribution in [1.82, 2.24) is 30.6 Å². The van der Waals surface area contributed by atoms with Crippen LogP contribution >= 0.6 is 0 Å². The Bertz CT molecular complexity index is 1900. The van der Waals surface area contributed by atoms with Gasteiger partial charge in [0.2, 0.25) is 21.8 Å². The van der Waals surface area contributed by atoms with E-state index in [4.69, 9.17) is 9.47 Å². The summed E-state index contributed by atoms with van der Waals surface area (Å²) in [6.45, 7) is -0.134. The van der Waals surface area contributed by atoms with E-state index >= 15 is 0 Å². The van der Waals surface area contributed by atoms with E-state index in [-0.39, 0.29) is 44.7 Å². The minimum atomic E-state index is -3.90. The maximum Gasteiger partial charge on any atom is 0.407 e. The number of fused-ring (bicyclic) bond motifs is 8. The first-order chi connectivity index (χ1) is 25.0. The molecule has 4 N–H and O–H groups in total. The molecule has 4 heterocycles. The molecule has 3 fully saturated rings. The number of alkyl carbamates (subject to hydrolysis) is 1. The summed E-state index contributed by atoms with van der Waals surface area (Å²) in [4.78, 5) is 74.6. The van der Waals surface area contributed by atoms with E-state index in [1.807, 2.05) is 18.2 Å². The van der Waals surface area contributed by atoms with Crippen LogP contribution in [0.4, 0.5) is 4.79 Å². The molecule has 5 atom stereocenters. The van der Waals surface area contributed by atoms with E-state index in [1.165, 1.54) is 4.90 Å². The maximum atomic E-state index is 14.3. The van der Waals surface area contributed by atoms with Crippen LogP contribution in [0.25, 0.3) is 11.3 Å². The number of cyclic esters (lactones) is 1. The summed E-state index contributed by atoms with van der Waals surface area (Å²) in [5.74, 6) is -2.48. The Morgan fingerprint density at radius 1 is 0.942 bits per heavy atom. The van der Waals surface area contributed by atoms with E-state index in [2.05, 4.69) is 25.7 Å². The molecule has 52 heavy (non-hydrogen) atoms. The summed E-state index contributed by atoms with van der Waals surface area (Å²) < 4.78 is 38.9. The number of rotatable bonds is 3. The molecule has 1 aromatic heterocycles. The molecule has 3 aliphatic heterocycles. The van der Waals surface area contributed by atoms with Crippen LogP contribution in [0.1, 0.15) is 68.3 Å². The first kappa shape index (κ1) is 35.4. The van der Waals surface area contributed by atoms with E-state index < -0.39 is 74.6 Å². The van der Waals surface area contributed by atoms with Crippen molar-refractivity contribution in [3.05, 3.63) is 60.3 Å². The first-order valence-corrected chi connectivity index (χ1v) is 19.4. The smallest absolute Gasteiger partial charge is 0.407 e. The summed E-state index contributed by atoms with van der Waals surface area (Å²) in [7, 11) is -3.90. The minimum Gasteiger partial charge on any atom is -0.490 e. The average molecular weight is 735 g/mol. The largest absolute Gasteiger partial charge is 0.490 e. The molecule has 5 aliphatic rings. The molecule has 2 aromatic rings. The number of ether oxygens (including phenoxy) is 2. The zero-order valence-corrected chi connectivity index (χ0v) is 29.4. The second kappa shape index (κ2) is 14.6. The van der Waals surface area contributed by atoms with Gasteiger partial charge in [0.15, 0.2) is 0 Å². The van der Waals surface area contributed by atoms with Crippen LogP contribution in [0.5, 0.6) is 5.75 Å². The number of benzene rings is 1. The molecule has 276 valence electrons. The minimum absolute atomic E-state index is 0.00185. The number of sulfonamides is 1. The summed E-state index contributed by atoms with van der Waals surface area (Å²) in [5, 5.41) is 7.78. The van der Waals surface area contributed by atoms with Crippen LogP contribution in [0.15, 0.2) is 54.6 Å². The summed E-state index contributed by atoms with van der Waals surface area (Å²) in [6, 6.07) is 9.23. The van der Waals surface area contributed by atoms with E-state index in [1.54, 1.807) is 36.4 Å². The Hall–Kier alpha value is -4.99. The predicted molar refractivity (Wildman–Crippen MR) is 186 cm³/mol. The highest BCUT2D eigenvalue weighted by Crippen LogP contribution is 2.46. The van der Waals surface area contributed by atoms with Gasteiger partial charge in [-0.15, -0.1) is 0 Å². The number of carbonyl (C=O) groups is 5. The molecule has 2 aliphatic carbocycles. The number of hydrogen-bond donors (Lipinski definition) is 4. The van der Waals surface area contributed by atoms with Gasteiger partial charge in [-0.2, -0.15) is 0 Å². The van der Waals surface area contributed by atoms with Crippen molar-refractivity contribution in [2.24, 2.45) is 5.92 Å². The Morgan fingerprint density at radius 3 is 2.56 bits per heavy atom. The summed E-state index contributed by atoms with van der Waals surface area (Å²) in [5.41, 5.74) is -0.188. The molecular formula is C36H42N6O9S. The standard InChI is InChI=1S/C36H42N6O9S/c43-31-28-13-7-12-27(38-28)22-8-6-10-25(18-22)50-16-17-51-35(47)39-29-11-5-3-1-2-4-9-23-20-36(23,34(46)41-52(48,49)26-14-15-26)40-32(44)30-19-24(37-31)21-42(30)33(29)45/h4,6-10,12-13,18,23-24,26,29-30H,1-3,5,11,14-17,19-21H2,(H,37,43)(H,39,47)(H,40,44)(H,41,46)/b9-4-/t23-,24-,29+,30+,36?/m1/s1. The third-order valence-corrected chi connectivity index (χ3v) is 12.0. The summed E-state index contributed by atoms with van der Waals surface area (Å²) >= 11 is 0. The zero-order chi connectivity index (χ0) is 36.5. The number of carbonyl (C=O) groups excluding carboxylic acids is 5. The van der Waals surface area contributed by atoms with Crippen LogP contribution in [0.3, 0.4) is 0 Å². The second-order valence-electron chi connectivity index (χ2n) is 14.0. The maximum absolute atomic E-state index is 14.3. The van der Waals surface area contributed by atoms with Crippen molar-refractivity contribution in [2.45, 2.75) is 86.7 Å². The number of allylic oxidation sites excluding steroid dienone is 1. The van der Waals surface area contributed by atoms with Gasteiger partial charge in [0.05, 0.1) is 10.9 Å². The molecule has 0 radical (unpaired) electrons. The normalized spacial score (nSPS) is 29.1. The Morgan fingerprint density at radius 2 is 1.73 bits per heavy atom. The number of pyridine rings is 1. The number of amides is 5. The van der Waals surface area contributed by atoms with Gasteiger partial charge in [0.25, 0.3) is 11.8 Å². The molecular weight excluding hydrogens is 692 g/mol. The van der Waals surface area contributed by atoms with Crippen molar-refractivity contribution in [3.63, 3.8) is 0 Å². The molecule has 16 heteroatoms. The SMILES string of the molecule is O=C1N[C@H]2CCCCC/C=C\[C@@H]3CC3(C(=O)NS(=O)(=O)C3CC3)NC(=O)[C@@H]3C[C@H](CN3C2=O)NC(=O)c2cccc(n2)-c2cccc(c2)OCCO1. The quantitative estimate of drug-likeness (QED) is 0.338. The highest BCUT2D eigenvalue weighted by atomic mass is 32.2. The highest BCUT2D eigenvalue weighted by molar-refractivity contribution is 7.91. The van der Waals surface area contributed by atoms with Gasteiger partial charge in [-0.25, -0.2) is 18.2 Å². The van der Waals surface area contributed by atoms with Crippen LogP contribution in [0, 0.1) is 5.92 Å².